The molecule has 1 unspecified atom stereocenters. The third kappa shape index (κ3) is 2.86. The SMILES string of the molecule is Cc1cnc(N)nc1SC(C)CO. The van der Waals surface area contributed by atoms with Crippen LogP contribution in [0, 0.1) is 6.92 Å². The van der Waals surface area contributed by atoms with Gasteiger partial charge in [-0.1, -0.05) is 6.92 Å². The van der Waals surface area contributed by atoms with E-state index in [1.54, 1.807) is 6.20 Å². The van der Waals surface area contributed by atoms with Gasteiger partial charge in [0.2, 0.25) is 5.95 Å². The molecular weight excluding hydrogens is 186 g/mol. The van der Waals surface area contributed by atoms with Crippen LogP contribution in [-0.2, 0) is 0 Å². The van der Waals surface area contributed by atoms with Gasteiger partial charge in [0.1, 0.15) is 5.03 Å². The average molecular weight is 199 g/mol. The lowest BCUT2D eigenvalue weighted by Gasteiger charge is -2.08. The van der Waals surface area contributed by atoms with Gasteiger partial charge in [-0.15, -0.1) is 11.8 Å². The molecule has 1 aromatic heterocycles. The Morgan fingerprint density at radius 1 is 1.69 bits per heavy atom. The van der Waals surface area contributed by atoms with Gasteiger partial charge in [-0.25, -0.2) is 9.97 Å². The van der Waals surface area contributed by atoms with Gasteiger partial charge in [0.15, 0.2) is 0 Å². The molecule has 0 saturated carbocycles. The highest BCUT2D eigenvalue weighted by molar-refractivity contribution is 7.99. The van der Waals surface area contributed by atoms with Crippen LogP contribution in [0.4, 0.5) is 5.95 Å². The van der Waals surface area contributed by atoms with Crippen LogP contribution in [0.3, 0.4) is 0 Å². The quantitative estimate of drug-likeness (QED) is 0.557. The summed E-state index contributed by atoms with van der Waals surface area (Å²) in [6.07, 6.45) is 1.69. The Hall–Kier alpha value is -0.810. The van der Waals surface area contributed by atoms with Gasteiger partial charge in [0.05, 0.1) is 6.61 Å². The smallest absolute Gasteiger partial charge is 0.221 e. The number of nitrogens with zero attached hydrogens (tertiary/aromatic N) is 2. The summed E-state index contributed by atoms with van der Waals surface area (Å²) in [6.45, 7) is 3.99. The number of aromatic nitrogens is 2. The average Bonchev–Trinajstić information content (AvgIpc) is 2.11. The number of hydrogen-bond donors (Lipinski definition) is 2. The minimum absolute atomic E-state index is 0.132. The maximum Gasteiger partial charge on any atom is 0.221 e. The maximum atomic E-state index is 8.86. The van der Waals surface area contributed by atoms with E-state index in [4.69, 9.17) is 10.8 Å². The largest absolute Gasteiger partial charge is 0.395 e. The summed E-state index contributed by atoms with van der Waals surface area (Å²) in [5.41, 5.74) is 6.43. The Morgan fingerprint density at radius 3 is 3.00 bits per heavy atom. The van der Waals surface area contributed by atoms with Gasteiger partial charge in [-0.2, -0.15) is 0 Å². The van der Waals surface area contributed by atoms with Crippen LogP contribution in [0.5, 0.6) is 0 Å². The van der Waals surface area contributed by atoms with Crippen molar-refractivity contribution in [3.63, 3.8) is 0 Å². The standard InChI is InChI=1S/C8H13N3OS/c1-5-3-10-8(9)11-7(5)13-6(2)4-12/h3,6,12H,4H2,1-2H3,(H2,9,10,11). The van der Waals surface area contributed by atoms with Crippen LogP contribution < -0.4 is 5.73 Å². The zero-order valence-corrected chi connectivity index (χ0v) is 8.51. The first-order chi connectivity index (χ1) is 6.13. The lowest BCUT2D eigenvalue weighted by atomic mass is 10.4. The van der Waals surface area contributed by atoms with E-state index in [2.05, 4.69) is 9.97 Å². The van der Waals surface area contributed by atoms with Crippen LogP contribution in [-0.4, -0.2) is 26.9 Å². The Morgan fingerprint density at radius 2 is 2.38 bits per heavy atom. The van der Waals surface area contributed by atoms with E-state index >= 15 is 0 Å². The van der Waals surface area contributed by atoms with E-state index in [1.807, 2.05) is 13.8 Å². The van der Waals surface area contributed by atoms with E-state index in [9.17, 15) is 0 Å². The molecule has 3 N–H and O–H groups in total. The van der Waals surface area contributed by atoms with E-state index in [0.29, 0.717) is 0 Å². The summed E-state index contributed by atoms with van der Waals surface area (Å²) < 4.78 is 0. The number of hydrogen-bond acceptors (Lipinski definition) is 5. The van der Waals surface area contributed by atoms with Gasteiger partial charge in [0, 0.05) is 11.4 Å². The maximum absolute atomic E-state index is 8.86. The first-order valence-corrected chi connectivity index (χ1v) is 4.88. The van der Waals surface area contributed by atoms with Crippen LogP contribution in [0.2, 0.25) is 0 Å². The number of nitrogen functional groups attached to an aromatic ring is 1. The molecular formula is C8H13N3OS. The van der Waals surface area contributed by atoms with Crippen LogP contribution in [0.25, 0.3) is 0 Å². The number of rotatable bonds is 3. The summed E-state index contributed by atoms with van der Waals surface area (Å²) in [5, 5.41) is 9.83. The summed E-state index contributed by atoms with van der Waals surface area (Å²) in [5.74, 6) is 0.276. The summed E-state index contributed by atoms with van der Waals surface area (Å²) in [6, 6.07) is 0. The first kappa shape index (κ1) is 10.3. The van der Waals surface area contributed by atoms with Gasteiger partial charge < -0.3 is 10.8 Å². The minimum Gasteiger partial charge on any atom is -0.395 e. The molecule has 0 spiro atoms. The third-order valence-electron chi connectivity index (χ3n) is 1.51. The number of thioether (sulfide) groups is 1. The Bertz CT molecular complexity index is 293. The number of aliphatic hydroxyl groups excluding tert-OH is 1. The van der Waals surface area contributed by atoms with Gasteiger partial charge in [0.25, 0.3) is 0 Å². The lowest BCUT2D eigenvalue weighted by molar-refractivity contribution is 0.300. The predicted molar refractivity (Wildman–Crippen MR) is 53.6 cm³/mol. The number of nitrogens with two attached hydrogens (primary N) is 1. The van der Waals surface area contributed by atoms with Crippen molar-refractivity contribution < 1.29 is 5.11 Å². The normalized spacial score (nSPS) is 12.8. The fraction of sp³-hybridized carbons (Fsp3) is 0.500. The fourth-order valence-electron chi connectivity index (χ4n) is 0.786. The highest BCUT2D eigenvalue weighted by Crippen LogP contribution is 2.23. The molecule has 72 valence electrons. The second-order valence-electron chi connectivity index (χ2n) is 2.83. The molecule has 1 aromatic rings. The molecule has 0 fully saturated rings. The van der Waals surface area contributed by atoms with E-state index in [1.165, 1.54) is 11.8 Å². The third-order valence-corrected chi connectivity index (χ3v) is 2.70. The molecule has 13 heavy (non-hydrogen) atoms. The van der Waals surface area contributed by atoms with E-state index < -0.39 is 0 Å². The highest BCUT2D eigenvalue weighted by atomic mass is 32.2. The molecule has 4 nitrogen and oxygen atoms in total. The fourth-order valence-corrected chi connectivity index (χ4v) is 1.63. The van der Waals surface area contributed by atoms with Crippen molar-refractivity contribution in [3.05, 3.63) is 11.8 Å². The van der Waals surface area contributed by atoms with Gasteiger partial charge in [-0.05, 0) is 12.5 Å². The monoisotopic (exact) mass is 199 g/mol. The van der Waals surface area contributed by atoms with Gasteiger partial charge >= 0.3 is 0 Å². The molecule has 1 atom stereocenters. The number of anilines is 1. The number of aryl methyl sites for hydroxylation is 1. The van der Waals surface area contributed by atoms with Crippen molar-refractivity contribution in [1.29, 1.82) is 0 Å². The van der Waals surface area contributed by atoms with E-state index in [0.717, 1.165) is 10.6 Å². The van der Waals surface area contributed by atoms with Crippen LogP contribution >= 0.6 is 11.8 Å². The molecule has 0 amide bonds. The Balaban J connectivity index is 2.81. The summed E-state index contributed by atoms with van der Waals surface area (Å²) in [7, 11) is 0. The molecule has 5 heteroatoms. The Kier molecular flexibility index (Phi) is 3.50. The van der Waals surface area contributed by atoms with Crippen LogP contribution in [0.1, 0.15) is 12.5 Å². The van der Waals surface area contributed by atoms with Crippen molar-refractivity contribution in [1.82, 2.24) is 9.97 Å². The van der Waals surface area contributed by atoms with Crippen LogP contribution in [0.15, 0.2) is 11.2 Å². The molecule has 0 radical (unpaired) electrons. The van der Waals surface area contributed by atoms with Gasteiger partial charge in [-0.3, -0.25) is 0 Å². The minimum atomic E-state index is 0.132. The van der Waals surface area contributed by atoms with Crippen molar-refractivity contribution in [2.75, 3.05) is 12.3 Å². The summed E-state index contributed by atoms with van der Waals surface area (Å²) in [4.78, 5) is 7.94. The molecule has 0 aliphatic rings. The first-order valence-electron chi connectivity index (χ1n) is 4.00. The molecule has 0 aromatic carbocycles. The lowest BCUT2D eigenvalue weighted by Crippen LogP contribution is -2.04. The molecule has 1 heterocycles. The van der Waals surface area contributed by atoms with Crippen molar-refractivity contribution in [2.24, 2.45) is 0 Å². The summed E-state index contributed by atoms with van der Waals surface area (Å²) >= 11 is 1.50. The van der Waals surface area contributed by atoms with Crippen molar-refractivity contribution >= 4 is 17.7 Å². The second kappa shape index (κ2) is 4.43. The number of aliphatic hydroxyl groups is 1. The predicted octanol–water partition coefficient (Wildman–Crippen LogP) is 0.840. The molecule has 0 aliphatic heterocycles. The zero-order chi connectivity index (χ0) is 9.84. The molecule has 0 aliphatic carbocycles. The molecule has 0 bridgehead atoms. The zero-order valence-electron chi connectivity index (χ0n) is 7.69. The molecule has 1 rings (SSSR count). The highest BCUT2D eigenvalue weighted by Gasteiger charge is 2.07. The molecule has 0 saturated heterocycles. The van der Waals surface area contributed by atoms with Crippen molar-refractivity contribution in [2.45, 2.75) is 24.1 Å². The van der Waals surface area contributed by atoms with E-state index in [-0.39, 0.29) is 17.8 Å². The second-order valence-corrected chi connectivity index (χ2v) is 4.25. The van der Waals surface area contributed by atoms with Crippen molar-refractivity contribution in [3.8, 4) is 0 Å². The Labute approximate surface area is 81.6 Å². The topological polar surface area (TPSA) is 72.0 Å².